The number of rotatable bonds is 4. The second-order valence-corrected chi connectivity index (χ2v) is 10.4. The van der Waals surface area contributed by atoms with Gasteiger partial charge in [0.2, 0.25) is 0 Å². The number of carbonyl (C=O) groups is 1. The molecule has 0 saturated carbocycles. The Bertz CT molecular complexity index is 1060. The second kappa shape index (κ2) is 7.16. The lowest BCUT2D eigenvalue weighted by molar-refractivity contribution is 0.0592. The molecule has 29 heavy (non-hydrogen) atoms. The quantitative estimate of drug-likeness (QED) is 0.827. The summed E-state index contributed by atoms with van der Waals surface area (Å²) in [6.45, 7) is 8.03. The van der Waals surface area contributed by atoms with Crippen molar-refractivity contribution in [2.24, 2.45) is 0 Å². The van der Waals surface area contributed by atoms with E-state index in [1.54, 1.807) is 0 Å². The number of nitrogens with zero attached hydrogens (tertiary/aromatic N) is 3. The molecule has 1 N–H and O–H groups in total. The van der Waals surface area contributed by atoms with Gasteiger partial charge in [-0.3, -0.25) is 9.48 Å². The maximum absolute atomic E-state index is 13.4. The van der Waals surface area contributed by atoms with Crippen LogP contribution in [0.2, 0.25) is 0 Å². The van der Waals surface area contributed by atoms with E-state index in [1.165, 1.54) is 0 Å². The number of aryl methyl sites for hydroxylation is 1. The Kier molecular flexibility index (Phi) is 4.93. The van der Waals surface area contributed by atoms with Crippen molar-refractivity contribution in [3.05, 3.63) is 46.8 Å². The number of carbonyl (C=O) groups excluding carboxylic acids is 1. The Morgan fingerprint density at radius 1 is 1.28 bits per heavy atom. The van der Waals surface area contributed by atoms with Crippen LogP contribution in [0, 0.1) is 13.8 Å². The molecule has 1 fully saturated rings. The molecule has 2 aromatic rings. The number of benzene rings is 1. The smallest absolute Gasteiger partial charge is 0.258 e. The molecule has 0 unspecified atom stereocenters. The van der Waals surface area contributed by atoms with Crippen LogP contribution in [0.1, 0.15) is 66.2 Å². The summed E-state index contributed by atoms with van der Waals surface area (Å²) in [5.74, 6) is 0.343. The van der Waals surface area contributed by atoms with Crippen LogP contribution in [-0.2, 0) is 9.84 Å². The molecule has 0 radical (unpaired) electrons. The summed E-state index contributed by atoms with van der Waals surface area (Å²) < 4.78 is 25.8. The Labute approximate surface area is 172 Å². The zero-order valence-electron chi connectivity index (χ0n) is 17.3. The molecular formula is C21H28N4O3S. The highest BCUT2D eigenvalue weighted by molar-refractivity contribution is 7.91. The highest BCUT2D eigenvalue weighted by Crippen LogP contribution is 2.38. The van der Waals surface area contributed by atoms with E-state index in [0.29, 0.717) is 12.0 Å². The molecule has 156 valence electrons. The van der Waals surface area contributed by atoms with Gasteiger partial charge < -0.3 is 10.2 Å². The van der Waals surface area contributed by atoms with Crippen molar-refractivity contribution < 1.29 is 13.2 Å². The summed E-state index contributed by atoms with van der Waals surface area (Å²) in [5.41, 5.74) is 4.19. The van der Waals surface area contributed by atoms with Gasteiger partial charge in [-0.2, -0.15) is 5.10 Å². The van der Waals surface area contributed by atoms with Crippen molar-refractivity contribution in [2.75, 3.05) is 16.8 Å². The number of fused-ring (bicyclic) bond motifs is 1. The van der Waals surface area contributed by atoms with E-state index < -0.39 is 9.84 Å². The van der Waals surface area contributed by atoms with Crippen molar-refractivity contribution in [3.8, 4) is 0 Å². The first-order chi connectivity index (χ1) is 13.7. The van der Waals surface area contributed by atoms with Gasteiger partial charge in [-0.25, -0.2) is 8.42 Å². The van der Waals surface area contributed by atoms with Gasteiger partial charge >= 0.3 is 0 Å². The number of hydrogen-bond donors (Lipinski definition) is 1. The largest absolute Gasteiger partial charge is 0.361 e. The number of aromatic nitrogens is 2. The van der Waals surface area contributed by atoms with Crippen LogP contribution < -0.4 is 5.32 Å². The van der Waals surface area contributed by atoms with Crippen LogP contribution in [0.25, 0.3) is 0 Å². The standard InChI is InChI=1S/C21H28N4O3S/c1-5-13(2)24-20(22-18-9-7-6-8-17(18)21(24)26)19-14(3)23-25(15(19)4)16-10-11-29(27,28)12-16/h6-9,13,16,20,22H,5,10-12H2,1-4H3/t13-,16-,20-/m1/s1. The van der Waals surface area contributed by atoms with Gasteiger partial charge in [0, 0.05) is 23.0 Å². The van der Waals surface area contributed by atoms with Crippen LogP contribution >= 0.6 is 0 Å². The molecule has 1 aromatic heterocycles. The van der Waals surface area contributed by atoms with Gasteiger partial charge in [-0.1, -0.05) is 19.1 Å². The molecular weight excluding hydrogens is 388 g/mol. The van der Waals surface area contributed by atoms with E-state index in [2.05, 4.69) is 19.2 Å². The number of sulfone groups is 1. The summed E-state index contributed by atoms with van der Waals surface area (Å²) >= 11 is 0. The highest BCUT2D eigenvalue weighted by atomic mass is 32.2. The average Bonchev–Trinajstić information content (AvgIpc) is 3.19. The number of anilines is 1. The van der Waals surface area contributed by atoms with Gasteiger partial charge in [-0.05, 0) is 45.7 Å². The minimum absolute atomic E-state index is 0.00805. The fourth-order valence-corrected chi connectivity index (χ4v) is 6.22. The fraction of sp³-hybridized carbons (Fsp3) is 0.524. The predicted molar refractivity (Wildman–Crippen MR) is 113 cm³/mol. The minimum Gasteiger partial charge on any atom is -0.361 e. The molecule has 4 rings (SSSR count). The summed E-state index contributed by atoms with van der Waals surface area (Å²) in [4.78, 5) is 15.2. The van der Waals surface area contributed by atoms with E-state index in [0.717, 1.165) is 29.1 Å². The first-order valence-corrected chi connectivity index (χ1v) is 12.0. The van der Waals surface area contributed by atoms with Crippen LogP contribution in [0.5, 0.6) is 0 Å². The fourth-order valence-electron chi connectivity index (χ4n) is 4.53. The number of amides is 1. The molecule has 8 heteroatoms. The molecule has 0 aliphatic carbocycles. The molecule has 1 amide bonds. The molecule has 1 saturated heterocycles. The van der Waals surface area contributed by atoms with Gasteiger partial charge in [0.15, 0.2) is 9.84 Å². The lowest BCUT2D eigenvalue weighted by atomic mass is 9.99. The summed E-state index contributed by atoms with van der Waals surface area (Å²) in [6.07, 6.45) is 1.08. The van der Waals surface area contributed by atoms with Crippen LogP contribution in [0.4, 0.5) is 5.69 Å². The topological polar surface area (TPSA) is 84.3 Å². The van der Waals surface area contributed by atoms with Crippen LogP contribution in [0.3, 0.4) is 0 Å². The van der Waals surface area contributed by atoms with Crippen molar-refractivity contribution in [2.45, 2.75) is 58.8 Å². The molecule has 0 bridgehead atoms. The van der Waals surface area contributed by atoms with Crippen molar-refractivity contribution in [3.63, 3.8) is 0 Å². The third kappa shape index (κ3) is 3.33. The lowest BCUT2D eigenvalue weighted by Crippen LogP contribution is -2.47. The number of hydrogen-bond acceptors (Lipinski definition) is 5. The molecule has 1 aromatic carbocycles. The zero-order chi connectivity index (χ0) is 20.9. The molecule has 3 heterocycles. The molecule has 2 aliphatic heterocycles. The SMILES string of the molecule is CC[C@@H](C)N1C(=O)c2ccccc2N[C@H]1c1c(C)nn([C@@H]2CCS(=O)(=O)C2)c1C. The maximum Gasteiger partial charge on any atom is 0.258 e. The van der Waals surface area contributed by atoms with Crippen LogP contribution in [0.15, 0.2) is 24.3 Å². The van der Waals surface area contributed by atoms with Gasteiger partial charge in [-0.15, -0.1) is 0 Å². The Hall–Kier alpha value is -2.35. The first-order valence-electron chi connectivity index (χ1n) is 10.2. The van der Waals surface area contributed by atoms with E-state index >= 15 is 0 Å². The van der Waals surface area contributed by atoms with Crippen molar-refractivity contribution >= 4 is 21.4 Å². The minimum atomic E-state index is -3.01. The van der Waals surface area contributed by atoms with Crippen molar-refractivity contribution in [1.82, 2.24) is 14.7 Å². The third-order valence-corrected chi connectivity index (χ3v) is 7.99. The maximum atomic E-state index is 13.4. The lowest BCUT2D eigenvalue weighted by Gasteiger charge is -2.41. The van der Waals surface area contributed by atoms with Gasteiger partial charge in [0.1, 0.15) is 6.17 Å². The first kappa shape index (κ1) is 19.9. The average molecular weight is 417 g/mol. The van der Waals surface area contributed by atoms with Gasteiger partial charge in [0.25, 0.3) is 5.91 Å². The zero-order valence-corrected chi connectivity index (χ0v) is 18.2. The van der Waals surface area contributed by atoms with Gasteiger partial charge in [0.05, 0.1) is 28.8 Å². The molecule has 2 aliphatic rings. The second-order valence-electron chi connectivity index (χ2n) is 8.15. The predicted octanol–water partition coefficient (Wildman–Crippen LogP) is 3.22. The molecule has 7 nitrogen and oxygen atoms in total. The summed E-state index contributed by atoms with van der Waals surface area (Å²) in [5, 5.41) is 8.25. The summed E-state index contributed by atoms with van der Waals surface area (Å²) in [7, 11) is -3.01. The van der Waals surface area contributed by atoms with E-state index in [4.69, 9.17) is 5.10 Å². The van der Waals surface area contributed by atoms with E-state index in [9.17, 15) is 13.2 Å². The van der Waals surface area contributed by atoms with E-state index in [-0.39, 0.29) is 35.7 Å². The Morgan fingerprint density at radius 2 is 2.00 bits per heavy atom. The van der Waals surface area contributed by atoms with Crippen LogP contribution in [-0.4, -0.2) is 46.6 Å². The molecule has 3 atom stereocenters. The van der Waals surface area contributed by atoms with Crippen molar-refractivity contribution in [1.29, 1.82) is 0 Å². The Balaban J connectivity index is 1.79. The normalized spacial score (nSPS) is 24.3. The Morgan fingerprint density at radius 3 is 2.66 bits per heavy atom. The highest BCUT2D eigenvalue weighted by Gasteiger charge is 2.39. The van der Waals surface area contributed by atoms with E-state index in [1.807, 2.05) is 47.7 Å². The summed E-state index contributed by atoms with van der Waals surface area (Å²) in [6, 6.07) is 7.47. The number of nitrogens with one attached hydrogen (secondary N) is 1. The third-order valence-electron chi connectivity index (χ3n) is 6.24. The monoisotopic (exact) mass is 416 g/mol. The number of para-hydroxylation sites is 1. The molecule has 0 spiro atoms.